The Labute approximate surface area is 115 Å². The fourth-order valence-corrected chi connectivity index (χ4v) is 1.99. The molecule has 0 saturated heterocycles. The van der Waals surface area contributed by atoms with Crippen LogP contribution in [-0.2, 0) is 4.79 Å². The number of phenols is 1. The lowest BCUT2D eigenvalue weighted by Gasteiger charge is -2.08. The van der Waals surface area contributed by atoms with Crippen molar-refractivity contribution in [2.75, 3.05) is 7.05 Å². The van der Waals surface area contributed by atoms with E-state index in [2.05, 4.69) is 4.99 Å². The number of aliphatic imine (C=N–C) groups is 1. The number of carbonyl (C=O) groups is 1. The Morgan fingerprint density at radius 2 is 2.15 bits per heavy atom. The highest BCUT2D eigenvalue weighted by atomic mass is 19.2. The summed E-state index contributed by atoms with van der Waals surface area (Å²) in [6.07, 6.45) is 1.90. The lowest BCUT2D eigenvalue weighted by Crippen LogP contribution is -2.27. The predicted molar refractivity (Wildman–Crippen MR) is 74.2 cm³/mol. The Bertz CT molecular complexity index is 614. The number of hydrogen-bond acceptors (Lipinski definition) is 3. The summed E-state index contributed by atoms with van der Waals surface area (Å²) in [7, 11) is -1.14. The molecule has 0 atom stereocenters. The first-order chi connectivity index (χ1) is 9.43. The third-order valence-corrected chi connectivity index (χ3v) is 3.07. The van der Waals surface area contributed by atoms with Crippen molar-refractivity contribution in [1.82, 2.24) is 4.90 Å². The molecule has 1 aromatic rings. The maximum Gasteiger partial charge on any atom is 0.572 e. The van der Waals surface area contributed by atoms with Crippen LogP contribution in [0.4, 0.5) is 8.63 Å². The molecular formula is C13H13BF2N2O2. The summed E-state index contributed by atoms with van der Waals surface area (Å²) in [5.74, 6) is 0.0313. The zero-order chi connectivity index (χ0) is 14.9. The molecule has 1 aliphatic heterocycles. The average molecular weight is 278 g/mol. The Balaban J connectivity index is 2.46. The van der Waals surface area contributed by atoms with Crippen molar-refractivity contribution < 1.29 is 18.5 Å². The zero-order valence-electron chi connectivity index (χ0n) is 11.1. The Kier molecular flexibility index (Phi) is 3.87. The van der Waals surface area contributed by atoms with Crippen LogP contribution in [0.15, 0.2) is 28.9 Å². The number of aromatic hydroxyl groups is 1. The largest absolute Gasteiger partial charge is 0.572 e. The number of nitrogens with zero attached hydrogens (tertiary/aromatic N) is 2. The molecule has 0 radical (unpaired) electrons. The van der Waals surface area contributed by atoms with Crippen LogP contribution >= 0.6 is 0 Å². The Morgan fingerprint density at radius 1 is 1.45 bits per heavy atom. The number of amidine groups is 1. The Hall–Kier alpha value is -2.18. The molecule has 104 valence electrons. The minimum Gasteiger partial charge on any atom is -0.508 e. The van der Waals surface area contributed by atoms with Crippen molar-refractivity contribution >= 4 is 30.5 Å². The van der Waals surface area contributed by atoms with Gasteiger partial charge in [-0.3, -0.25) is 18.3 Å². The van der Waals surface area contributed by atoms with Crippen molar-refractivity contribution in [3.63, 3.8) is 0 Å². The van der Waals surface area contributed by atoms with Crippen LogP contribution in [-0.4, -0.2) is 36.1 Å². The molecule has 0 spiro atoms. The van der Waals surface area contributed by atoms with Crippen molar-refractivity contribution in [1.29, 1.82) is 0 Å². The highest BCUT2D eigenvalue weighted by Crippen LogP contribution is 2.19. The molecule has 2 rings (SSSR count). The first kappa shape index (κ1) is 14.2. The first-order valence-electron chi connectivity index (χ1n) is 6.12. The Morgan fingerprint density at radius 3 is 2.70 bits per heavy atom. The molecule has 0 aliphatic carbocycles. The smallest absolute Gasteiger partial charge is 0.508 e. The van der Waals surface area contributed by atoms with E-state index < -0.39 is 7.27 Å². The zero-order valence-corrected chi connectivity index (χ0v) is 11.1. The van der Waals surface area contributed by atoms with Crippen LogP contribution in [0.2, 0.25) is 0 Å². The second kappa shape index (κ2) is 5.44. The van der Waals surface area contributed by atoms with Crippen molar-refractivity contribution in [3.8, 4) is 5.75 Å². The standard InChI is InChI=1S/C13H13BF2N2O2/c1-3-12-17-11(13(20)18(12)2)6-8-4-5-9(19)7-10(8)14(15)16/h4-7,19H,3H2,1-2H3/b11-6-. The van der Waals surface area contributed by atoms with Gasteiger partial charge in [-0.25, -0.2) is 4.99 Å². The van der Waals surface area contributed by atoms with Crippen molar-refractivity contribution in [2.45, 2.75) is 13.3 Å². The molecule has 0 saturated carbocycles. The lowest BCUT2D eigenvalue weighted by atomic mass is 9.81. The van der Waals surface area contributed by atoms with Gasteiger partial charge in [0.2, 0.25) is 0 Å². The maximum atomic E-state index is 12.9. The molecule has 0 fully saturated rings. The SMILES string of the molecule is CCC1=N/C(=C\c2ccc(O)cc2B(F)F)C(=O)N1C. The molecular weight excluding hydrogens is 265 g/mol. The molecule has 20 heavy (non-hydrogen) atoms. The van der Waals surface area contributed by atoms with Gasteiger partial charge in [-0.1, -0.05) is 13.0 Å². The number of hydrogen-bond donors (Lipinski definition) is 1. The van der Waals surface area contributed by atoms with E-state index in [0.29, 0.717) is 12.3 Å². The van der Waals surface area contributed by atoms with Crippen molar-refractivity contribution in [2.24, 2.45) is 4.99 Å². The van der Waals surface area contributed by atoms with Gasteiger partial charge in [0.1, 0.15) is 17.3 Å². The van der Waals surface area contributed by atoms with Crippen molar-refractivity contribution in [3.05, 3.63) is 29.5 Å². The van der Waals surface area contributed by atoms with Gasteiger partial charge in [0, 0.05) is 18.9 Å². The summed E-state index contributed by atoms with van der Waals surface area (Å²) in [5.41, 5.74) is -0.0271. The summed E-state index contributed by atoms with van der Waals surface area (Å²) in [6, 6.07) is 3.63. The third-order valence-electron chi connectivity index (χ3n) is 3.07. The van der Waals surface area contributed by atoms with Crippen LogP contribution in [0.25, 0.3) is 6.08 Å². The number of phenolic OH excluding ortho intramolecular Hbond substituents is 1. The molecule has 0 bridgehead atoms. The molecule has 1 heterocycles. The second-order valence-corrected chi connectivity index (χ2v) is 4.39. The van der Waals surface area contributed by atoms with Gasteiger partial charge in [-0.2, -0.15) is 0 Å². The van der Waals surface area contributed by atoms with Gasteiger partial charge >= 0.3 is 7.27 Å². The summed E-state index contributed by atoms with van der Waals surface area (Å²) >= 11 is 0. The minimum atomic E-state index is -2.74. The quantitative estimate of drug-likeness (QED) is 0.675. The molecule has 1 amide bonds. The molecule has 0 unspecified atom stereocenters. The first-order valence-corrected chi connectivity index (χ1v) is 6.12. The highest BCUT2D eigenvalue weighted by molar-refractivity contribution is 6.61. The van der Waals surface area contributed by atoms with E-state index >= 15 is 0 Å². The molecule has 7 heteroatoms. The summed E-state index contributed by atoms with van der Waals surface area (Å²) in [5, 5.41) is 9.26. The number of rotatable bonds is 3. The van der Waals surface area contributed by atoms with E-state index in [0.717, 1.165) is 6.07 Å². The van der Waals surface area contributed by atoms with Gasteiger partial charge < -0.3 is 5.11 Å². The summed E-state index contributed by atoms with van der Waals surface area (Å²) in [4.78, 5) is 17.5. The van der Waals surface area contributed by atoms with Gasteiger partial charge in [-0.15, -0.1) is 0 Å². The maximum absolute atomic E-state index is 12.9. The normalized spacial score (nSPS) is 16.8. The fourth-order valence-electron chi connectivity index (χ4n) is 1.99. The molecule has 1 aliphatic rings. The van der Waals surface area contributed by atoms with E-state index in [1.165, 1.54) is 23.1 Å². The average Bonchev–Trinajstić information content (AvgIpc) is 2.68. The number of halogens is 2. The lowest BCUT2D eigenvalue weighted by molar-refractivity contribution is -0.121. The molecule has 0 aromatic heterocycles. The summed E-state index contributed by atoms with van der Waals surface area (Å²) in [6.45, 7) is 1.86. The van der Waals surface area contributed by atoms with Crippen LogP contribution in [0, 0.1) is 0 Å². The topological polar surface area (TPSA) is 52.9 Å². The number of amides is 1. The van der Waals surface area contributed by atoms with Gasteiger partial charge in [0.05, 0.1) is 0 Å². The van der Waals surface area contributed by atoms with E-state index in [9.17, 15) is 18.5 Å². The molecule has 4 nitrogen and oxygen atoms in total. The van der Waals surface area contributed by atoms with Gasteiger partial charge in [-0.05, 0) is 23.8 Å². The van der Waals surface area contributed by atoms with Crippen LogP contribution in [0.1, 0.15) is 18.9 Å². The number of likely N-dealkylation sites (N-methyl/N-ethyl adjacent to an activating group) is 1. The third kappa shape index (κ3) is 2.56. The van der Waals surface area contributed by atoms with E-state index in [-0.39, 0.29) is 28.4 Å². The van der Waals surface area contributed by atoms with Crippen LogP contribution in [0.3, 0.4) is 0 Å². The number of benzene rings is 1. The molecule has 1 N–H and O–H groups in total. The summed E-state index contributed by atoms with van der Waals surface area (Å²) < 4.78 is 25.9. The van der Waals surface area contributed by atoms with Gasteiger partial charge in [0.25, 0.3) is 5.91 Å². The van der Waals surface area contributed by atoms with Crippen LogP contribution < -0.4 is 5.46 Å². The van der Waals surface area contributed by atoms with E-state index in [1.807, 2.05) is 6.92 Å². The highest BCUT2D eigenvalue weighted by Gasteiger charge is 2.27. The monoisotopic (exact) mass is 278 g/mol. The fraction of sp³-hybridized carbons (Fsp3) is 0.231. The van der Waals surface area contributed by atoms with E-state index in [4.69, 9.17) is 0 Å². The van der Waals surface area contributed by atoms with Crippen LogP contribution in [0.5, 0.6) is 5.75 Å². The predicted octanol–water partition coefficient (Wildman–Crippen LogP) is 1.65. The molecule has 1 aromatic carbocycles. The second-order valence-electron chi connectivity index (χ2n) is 4.39. The van der Waals surface area contributed by atoms with E-state index in [1.54, 1.807) is 7.05 Å². The number of carbonyl (C=O) groups excluding carboxylic acids is 1. The van der Waals surface area contributed by atoms with Gasteiger partial charge in [0.15, 0.2) is 0 Å². The minimum absolute atomic E-state index is 0.122.